The van der Waals surface area contributed by atoms with E-state index in [0.29, 0.717) is 23.2 Å². The minimum Gasteiger partial charge on any atom is -0.391 e. The molecule has 2 heterocycles. The number of nitrogens with one attached hydrogen (secondary N) is 1. The predicted molar refractivity (Wildman–Crippen MR) is 99.4 cm³/mol. The summed E-state index contributed by atoms with van der Waals surface area (Å²) in [5, 5.41) is 13.8. The summed E-state index contributed by atoms with van der Waals surface area (Å²) in [7, 11) is 0. The van der Waals surface area contributed by atoms with Crippen molar-refractivity contribution in [2.75, 3.05) is 6.54 Å². The van der Waals surface area contributed by atoms with E-state index in [4.69, 9.17) is 0 Å². The Labute approximate surface area is 152 Å². The highest BCUT2D eigenvalue weighted by atomic mass is 16.3. The summed E-state index contributed by atoms with van der Waals surface area (Å²) in [6.45, 7) is 2.79. The third kappa shape index (κ3) is 3.44. The number of Topliss-reactive ketones (excluding diaryl/α,β-unsaturated/α-hetero) is 1. The quantitative estimate of drug-likeness (QED) is 0.852. The first-order valence-corrected chi connectivity index (χ1v) is 9.46. The van der Waals surface area contributed by atoms with E-state index in [0.717, 1.165) is 18.5 Å². The van der Waals surface area contributed by atoms with Gasteiger partial charge in [-0.3, -0.25) is 14.2 Å². The second-order valence-corrected chi connectivity index (χ2v) is 7.70. The molecule has 2 atom stereocenters. The van der Waals surface area contributed by atoms with E-state index in [9.17, 15) is 14.7 Å². The number of aromatic nitrogens is 2. The molecular weight excluding hydrogens is 330 g/mol. The number of ketones is 1. The summed E-state index contributed by atoms with van der Waals surface area (Å²) in [5.74, 6) is 0.494. The highest BCUT2D eigenvalue weighted by molar-refractivity contribution is 5.83. The molecule has 2 N–H and O–H groups in total. The van der Waals surface area contributed by atoms with Crippen molar-refractivity contribution in [1.82, 2.24) is 14.9 Å². The average Bonchev–Trinajstić information content (AvgIpc) is 3.45. The number of hydrogen-bond donors (Lipinski definition) is 2. The minimum absolute atomic E-state index is 0.000618. The second-order valence-electron chi connectivity index (χ2n) is 7.70. The Hall–Kier alpha value is -2.05. The van der Waals surface area contributed by atoms with Crippen molar-refractivity contribution in [3.8, 4) is 0 Å². The van der Waals surface area contributed by atoms with Crippen LogP contribution in [0.25, 0.3) is 10.9 Å². The minimum atomic E-state index is -0.497. The van der Waals surface area contributed by atoms with Gasteiger partial charge in [-0.05, 0) is 62.3 Å². The molecule has 0 radical (unpaired) electrons. The lowest BCUT2D eigenvalue weighted by atomic mass is 9.97. The summed E-state index contributed by atoms with van der Waals surface area (Å²) in [6, 6.07) is 3.85. The van der Waals surface area contributed by atoms with Crippen LogP contribution in [0.4, 0.5) is 0 Å². The van der Waals surface area contributed by atoms with Crippen LogP contribution in [0, 0.1) is 6.92 Å². The Morgan fingerprint density at radius 1 is 1.35 bits per heavy atom. The van der Waals surface area contributed by atoms with Gasteiger partial charge in [0.2, 0.25) is 0 Å². The molecule has 4 rings (SSSR count). The summed E-state index contributed by atoms with van der Waals surface area (Å²) in [5.41, 5.74) is 2.76. The van der Waals surface area contributed by atoms with Crippen molar-refractivity contribution in [3.05, 3.63) is 39.9 Å². The molecule has 138 valence electrons. The normalized spacial score (nSPS) is 23.3. The van der Waals surface area contributed by atoms with Crippen LogP contribution in [0.1, 0.15) is 49.1 Å². The van der Waals surface area contributed by atoms with Gasteiger partial charge in [-0.1, -0.05) is 6.07 Å². The topological polar surface area (TPSA) is 84.2 Å². The molecule has 2 fully saturated rings. The summed E-state index contributed by atoms with van der Waals surface area (Å²) in [4.78, 5) is 29.7. The zero-order chi connectivity index (χ0) is 18.3. The molecule has 1 aliphatic carbocycles. The second kappa shape index (κ2) is 6.93. The van der Waals surface area contributed by atoms with Crippen molar-refractivity contribution in [2.24, 2.45) is 0 Å². The molecule has 0 spiro atoms. The number of hydrogen-bond acceptors (Lipinski definition) is 5. The molecule has 2 aromatic rings. The van der Waals surface area contributed by atoms with Gasteiger partial charge < -0.3 is 10.4 Å². The lowest BCUT2D eigenvalue weighted by Gasteiger charge is -2.28. The maximum Gasteiger partial charge on any atom is 0.261 e. The molecule has 2 aliphatic rings. The van der Waals surface area contributed by atoms with E-state index < -0.39 is 6.10 Å². The highest BCUT2D eigenvalue weighted by Crippen LogP contribution is 2.41. The van der Waals surface area contributed by atoms with Gasteiger partial charge in [0.05, 0.1) is 29.9 Å². The van der Waals surface area contributed by atoms with E-state index >= 15 is 0 Å². The van der Waals surface area contributed by atoms with Crippen LogP contribution in [-0.4, -0.2) is 39.1 Å². The molecule has 0 amide bonds. The summed E-state index contributed by atoms with van der Waals surface area (Å²) in [6.07, 6.45) is 5.18. The smallest absolute Gasteiger partial charge is 0.261 e. The first-order chi connectivity index (χ1) is 12.5. The standard InChI is InChI=1S/C20H25N3O3/c1-12-7-14(13-4-5-13)8-16-19(12)22-11-23(20(16)26)10-15(24)9-17-18(25)3-2-6-21-17/h7-8,11,13,17-18,21,25H,2-6,9-10H2,1H3/t17-,18+/m1/s1. The number of piperidine rings is 1. The Balaban J connectivity index is 1.57. The Kier molecular flexibility index (Phi) is 4.63. The number of carbonyl (C=O) groups excluding carboxylic acids is 1. The van der Waals surface area contributed by atoms with E-state index in [1.807, 2.05) is 13.0 Å². The van der Waals surface area contributed by atoms with Crippen molar-refractivity contribution in [1.29, 1.82) is 0 Å². The number of nitrogens with zero attached hydrogens (tertiary/aromatic N) is 2. The Morgan fingerprint density at radius 3 is 2.88 bits per heavy atom. The average molecular weight is 355 g/mol. The van der Waals surface area contributed by atoms with Gasteiger partial charge in [0.25, 0.3) is 5.56 Å². The van der Waals surface area contributed by atoms with E-state index in [2.05, 4.69) is 16.4 Å². The monoisotopic (exact) mass is 355 g/mol. The van der Waals surface area contributed by atoms with Crippen molar-refractivity contribution < 1.29 is 9.90 Å². The van der Waals surface area contributed by atoms with Crippen LogP contribution in [0.2, 0.25) is 0 Å². The molecule has 0 unspecified atom stereocenters. The number of aryl methyl sites for hydroxylation is 1. The third-order valence-corrected chi connectivity index (χ3v) is 5.53. The molecule has 6 heteroatoms. The summed E-state index contributed by atoms with van der Waals surface area (Å²) < 4.78 is 1.40. The molecular formula is C20H25N3O3. The third-order valence-electron chi connectivity index (χ3n) is 5.53. The van der Waals surface area contributed by atoms with Gasteiger partial charge in [-0.15, -0.1) is 0 Å². The van der Waals surface area contributed by atoms with Crippen LogP contribution >= 0.6 is 0 Å². The van der Waals surface area contributed by atoms with Gasteiger partial charge in [0, 0.05) is 12.5 Å². The maximum atomic E-state index is 12.9. The first kappa shape index (κ1) is 17.4. The van der Waals surface area contributed by atoms with Crippen molar-refractivity contribution in [2.45, 2.75) is 63.6 Å². The number of rotatable bonds is 5. The number of fused-ring (bicyclic) bond motifs is 1. The fourth-order valence-corrected chi connectivity index (χ4v) is 3.89. The zero-order valence-corrected chi connectivity index (χ0v) is 15.1. The largest absolute Gasteiger partial charge is 0.391 e. The number of aliphatic hydroxyl groups is 1. The van der Waals surface area contributed by atoms with E-state index in [1.165, 1.54) is 29.3 Å². The van der Waals surface area contributed by atoms with Gasteiger partial charge in [0.15, 0.2) is 5.78 Å². The molecule has 26 heavy (non-hydrogen) atoms. The fourth-order valence-electron chi connectivity index (χ4n) is 3.89. The SMILES string of the molecule is Cc1cc(C2CC2)cc2c(=O)n(CC(=O)C[C@H]3NCCC[C@@H]3O)cnc12. The number of aliphatic hydroxyl groups excluding tert-OH is 1. The molecule has 6 nitrogen and oxygen atoms in total. The maximum absolute atomic E-state index is 12.9. The van der Waals surface area contributed by atoms with Gasteiger partial charge in [-0.2, -0.15) is 0 Å². The predicted octanol–water partition coefficient (Wildman–Crippen LogP) is 1.65. The van der Waals surface area contributed by atoms with E-state index in [1.54, 1.807) is 0 Å². The number of benzene rings is 1. The van der Waals surface area contributed by atoms with Crippen molar-refractivity contribution >= 4 is 16.7 Å². The molecule has 1 saturated carbocycles. The Bertz CT molecular complexity index is 901. The summed E-state index contributed by atoms with van der Waals surface area (Å²) >= 11 is 0. The van der Waals surface area contributed by atoms with Crippen LogP contribution in [0.15, 0.2) is 23.3 Å². The fraction of sp³-hybridized carbons (Fsp3) is 0.550. The molecule has 0 bridgehead atoms. The highest BCUT2D eigenvalue weighted by Gasteiger charge is 2.26. The lowest BCUT2D eigenvalue weighted by molar-refractivity contribution is -0.121. The molecule has 1 aromatic heterocycles. The molecule has 1 aliphatic heterocycles. The zero-order valence-electron chi connectivity index (χ0n) is 15.1. The van der Waals surface area contributed by atoms with Crippen LogP contribution < -0.4 is 10.9 Å². The van der Waals surface area contributed by atoms with Crippen molar-refractivity contribution in [3.63, 3.8) is 0 Å². The van der Waals surface area contributed by atoms with Crippen LogP contribution in [-0.2, 0) is 11.3 Å². The van der Waals surface area contributed by atoms with Gasteiger partial charge in [-0.25, -0.2) is 4.98 Å². The van der Waals surface area contributed by atoms with Crippen LogP contribution in [0.3, 0.4) is 0 Å². The molecule has 1 aromatic carbocycles. The van der Waals surface area contributed by atoms with Gasteiger partial charge >= 0.3 is 0 Å². The lowest BCUT2D eigenvalue weighted by Crippen LogP contribution is -2.46. The van der Waals surface area contributed by atoms with Gasteiger partial charge in [0.1, 0.15) is 0 Å². The van der Waals surface area contributed by atoms with E-state index in [-0.39, 0.29) is 30.3 Å². The number of carbonyl (C=O) groups is 1. The van der Waals surface area contributed by atoms with Crippen LogP contribution in [0.5, 0.6) is 0 Å². The Morgan fingerprint density at radius 2 is 2.15 bits per heavy atom. The first-order valence-electron chi connectivity index (χ1n) is 9.46. The molecule has 1 saturated heterocycles.